The van der Waals surface area contributed by atoms with Gasteiger partial charge in [-0.2, -0.15) is 0 Å². The highest BCUT2D eigenvalue weighted by molar-refractivity contribution is 5.79. The molecule has 0 aromatic carbocycles. The first-order chi connectivity index (χ1) is 10.5. The van der Waals surface area contributed by atoms with Crippen molar-refractivity contribution in [1.82, 2.24) is 0 Å². The molecule has 2 heteroatoms. The molecule has 3 unspecified atom stereocenters. The Bertz CT molecular complexity index is 459. The van der Waals surface area contributed by atoms with Gasteiger partial charge in [0.15, 0.2) is 0 Å². The number of ketones is 1. The van der Waals surface area contributed by atoms with Crippen LogP contribution < -0.4 is 0 Å². The summed E-state index contributed by atoms with van der Waals surface area (Å²) < 4.78 is 0. The maximum absolute atomic E-state index is 12.1. The largest absolute Gasteiger partial charge is 0.393 e. The second-order valence-electron chi connectivity index (χ2n) is 9.19. The lowest BCUT2D eigenvalue weighted by molar-refractivity contribution is -0.128. The molecule has 2 nitrogen and oxygen atoms in total. The molecule has 8 atom stereocenters. The zero-order chi connectivity index (χ0) is 15.5. The highest BCUT2D eigenvalue weighted by atomic mass is 16.3. The van der Waals surface area contributed by atoms with Gasteiger partial charge in [-0.05, 0) is 99.7 Å². The SMILES string of the molecule is CC(=O)[C@@H]1CCC2C3CC[C@@H]4C[C@H](O)CC[C@H]4C3CC[C@]21C. The number of carbonyl (C=O) groups excluding carboxylic acids is 1. The smallest absolute Gasteiger partial charge is 0.133 e. The molecule has 0 bridgehead atoms. The van der Waals surface area contributed by atoms with Crippen LogP contribution in [0.2, 0.25) is 0 Å². The molecule has 4 aliphatic carbocycles. The van der Waals surface area contributed by atoms with Gasteiger partial charge in [0.05, 0.1) is 6.10 Å². The van der Waals surface area contributed by atoms with E-state index in [0.717, 1.165) is 48.9 Å². The predicted octanol–water partition coefficient (Wildman–Crippen LogP) is 4.21. The first kappa shape index (κ1) is 15.2. The average molecular weight is 304 g/mol. The van der Waals surface area contributed by atoms with E-state index in [-0.39, 0.29) is 6.10 Å². The minimum absolute atomic E-state index is 0.0276. The summed E-state index contributed by atoms with van der Waals surface area (Å²) in [6.45, 7) is 4.26. The molecule has 0 saturated heterocycles. The number of carbonyl (C=O) groups is 1. The Hall–Kier alpha value is -0.370. The molecular weight excluding hydrogens is 272 g/mol. The van der Waals surface area contributed by atoms with Crippen LogP contribution in [0, 0.1) is 40.9 Å². The number of Topliss-reactive ketones (excluding diaryl/α,β-unsaturated/α-hetero) is 1. The van der Waals surface area contributed by atoms with Crippen molar-refractivity contribution in [3.8, 4) is 0 Å². The molecule has 4 aliphatic rings. The molecule has 22 heavy (non-hydrogen) atoms. The Balaban J connectivity index is 1.56. The minimum Gasteiger partial charge on any atom is -0.393 e. The van der Waals surface area contributed by atoms with E-state index in [1.807, 2.05) is 6.92 Å². The van der Waals surface area contributed by atoms with Gasteiger partial charge in [-0.1, -0.05) is 6.92 Å². The van der Waals surface area contributed by atoms with Crippen molar-refractivity contribution in [2.75, 3.05) is 0 Å². The normalized spacial score (nSPS) is 54.2. The third kappa shape index (κ3) is 2.12. The maximum Gasteiger partial charge on any atom is 0.133 e. The van der Waals surface area contributed by atoms with Crippen molar-refractivity contribution in [1.29, 1.82) is 0 Å². The minimum atomic E-state index is -0.0276. The molecule has 4 fully saturated rings. The average Bonchev–Trinajstić information content (AvgIpc) is 2.84. The van der Waals surface area contributed by atoms with Crippen molar-refractivity contribution in [3.05, 3.63) is 0 Å². The number of aliphatic hydroxyl groups excluding tert-OH is 1. The summed E-state index contributed by atoms with van der Waals surface area (Å²) in [6.07, 6.45) is 11.1. The number of fused-ring (bicyclic) bond motifs is 5. The van der Waals surface area contributed by atoms with E-state index in [4.69, 9.17) is 0 Å². The number of hydrogen-bond donors (Lipinski definition) is 1. The molecule has 0 aromatic rings. The first-order valence-electron chi connectivity index (χ1n) is 9.69. The lowest BCUT2D eigenvalue weighted by Crippen LogP contribution is -2.49. The van der Waals surface area contributed by atoms with E-state index in [1.54, 1.807) is 0 Å². The summed E-state index contributed by atoms with van der Waals surface area (Å²) in [4.78, 5) is 12.1. The van der Waals surface area contributed by atoms with Crippen LogP contribution >= 0.6 is 0 Å². The van der Waals surface area contributed by atoms with Crippen LogP contribution in [-0.4, -0.2) is 17.0 Å². The first-order valence-corrected chi connectivity index (χ1v) is 9.69. The number of aliphatic hydroxyl groups is 1. The summed E-state index contributed by atoms with van der Waals surface area (Å²) >= 11 is 0. The Labute approximate surface area is 135 Å². The van der Waals surface area contributed by atoms with E-state index in [1.165, 1.54) is 38.5 Å². The predicted molar refractivity (Wildman–Crippen MR) is 87.3 cm³/mol. The summed E-state index contributed by atoms with van der Waals surface area (Å²) in [5.74, 6) is 5.02. The van der Waals surface area contributed by atoms with E-state index < -0.39 is 0 Å². The summed E-state index contributed by atoms with van der Waals surface area (Å²) in [6, 6.07) is 0. The highest BCUT2D eigenvalue weighted by Crippen LogP contribution is 2.64. The molecule has 4 rings (SSSR count). The number of rotatable bonds is 1. The second kappa shape index (κ2) is 5.33. The van der Waals surface area contributed by atoms with Crippen molar-refractivity contribution >= 4 is 5.78 Å². The lowest BCUT2D eigenvalue weighted by Gasteiger charge is -2.56. The molecule has 0 spiro atoms. The van der Waals surface area contributed by atoms with E-state index >= 15 is 0 Å². The van der Waals surface area contributed by atoms with E-state index in [0.29, 0.717) is 17.1 Å². The summed E-state index contributed by atoms with van der Waals surface area (Å²) in [5.41, 5.74) is 0.300. The van der Waals surface area contributed by atoms with Crippen LogP contribution in [0.5, 0.6) is 0 Å². The molecule has 4 saturated carbocycles. The van der Waals surface area contributed by atoms with Crippen molar-refractivity contribution in [2.45, 2.75) is 77.7 Å². The summed E-state index contributed by atoms with van der Waals surface area (Å²) in [5, 5.41) is 9.99. The lowest BCUT2D eigenvalue weighted by atomic mass is 9.49. The third-order valence-electron chi connectivity index (χ3n) is 8.42. The topological polar surface area (TPSA) is 37.3 Å². The molecule has 124 valence electrons. The highest BCUT2D eigenvalue weighted by Gasteiger charge is 2.57. The van der Waals surface area contributed by atoms with Crippen LogP contribution in [0.15, 0.2) is 0 Å². The van der Waals surface area contributed by atoms with Gasteiger partial charge in [0.1, 0.15) is 5.78 Å². The quantitative estimate of drug-likeness (QED) is 0.788. The molecule has 1 N–H and O–H groups in total. The molecule has 0 radical (unpaired) electrons. The monoisotopic (exact) mass is 304 g/mol. The van der Waals surface area contributed by atoms with Crippen LogP contribution in [0.1, 0.15) is 71.6 Å². The van der Waals surface area contributed by atoms with Gasteiger partial charge in [-0.15, -0.1) is 0 Å². The molecule has 0 aliphatic heterocycles. The molecule has 0 heterocycles. The van der Waals surface area contributed by atoms with Gasteiger partial charge in [-0.25, -0.2) is 0 Å². The van der Waals surface area contributed by atoms with Gasteiger partial charge < -0.3 is 5.11 Å². The molecule has 0 amide bonds. The zero-order valence-electron chi connectivity index (χ0n) is 14.3. The Morgan fingerprint density at radius 1 is 0.955 bits per heavy atom. The van der Waals surface area contributed by atoms with Crippen molar-refractivity contribution in [2.24, 2.45) is 40.9 Å². The summed E-state index contributed by atoms with van der Waals surface area (Å²) in [7, 11) is 0. The van der Waals surface area contributed by atoms with E-state index in [9.17, 15) is 9.90 Å². The van der Waals surface area contributed by atoms with Gasteiger partial charge in [-0.3, -0.25) is 4.79 Å². The standard InChI is InChI=1S/C20H32O2/c1-12(21)18-7-8-19-17-5-3-13-11-14(22)4-6-15(13)16(17)9-10-20(18,19)2/h13-19,22H,3-11H2,1-2H3/t13-,14-,15-,16?,17?,18+,19?,20+/m1/s1. The zero-order valence-corrected chi connectivity index (χ0v) is 14.3. The van der Waals surface area contributed by atoms with Crippen LogP contribution in [0.3, 0.4) is 0 Å². The molecular formula is C20H32O2. The number of hydrogen-bond acceptors (Lipinski definition) is 2. The Morgan fingerprint density at radius 3 is 2.50 bits per heavy atom. The van der Waals surface area contributed by atoms with Crippen LogP contribution in [0.25, 0.3) is 0 Å². The third-order valence-corrected chi connectivity index (χ3v) is 8.42. The van der Waals surface area contributed by atoms with Crippen LogP contribution in [0.4, 0.5) is 0 Å². The maximum atomic E-state index is 12.1. The van der Waals surface area contributed by atoms with Gasteiger partial charge in [0.2, 0.25) is 0 Å². The van der Waals surface area contributed by atoms with Crippen molar-refractivity contribution in [3.63, 3.8) is 0 Å². The van der Waals surface area contributed by atoms with Gasteiger partial charge >= 0.3 is 0 Å². The van der Waals surface area contributed by atoms with Gasteiger partial charge in [0, 0.05) is 5.92 Å². The fourth-order valence-electron chi connectivity index (χ4n) is 7.50. The Kier molecular flexibility index (Phi) is 3.67. The van der Waals surface area contributed by atoms with Crippen molar-refractivity contribution < 1.29 is 9.90 Å². The van der Waals surface area contributed by atoms with E-state index in [2.05, 4.69) is 6.92 Å². The fraction of sp³-hybridized carbons (Fsp3) is 0.950. The molecule has 0 aromatic heterocycles. The van der Waals surface area contributed by atoms with Gasteiger partial charge in [0.25, 0.3) is 0 Å². The Morgan fingerprint density at radius 2 is 1.73 bits per heavy atom. The fourth-order valence-corrected chi connectivity index (χ4v) is 7.50. The second-order valence-corrected chi connectivity index (χ2v) is 9.19. The van der Waals surface area contributed by atoms with Crippen LogP contribution in [-0.2, 0) is 4.79 Å².